The molecule has 0 aliphatic rings. The molecule has 9 heteroatoms. The highest BCUT2D eigenvalue weighted by Crippen LogP contribution is 2.32. The van der Waals surface area contributed by atoms with Gasteiger partial charge in [-0.2, -0.15) is 9.37 Å². The second-order valence-corrected chi connectivity index (χ2v) is 5.06. The third-order valence-electron chi connectivity index (χ3n) is 2.01. The summed E-state index contributed by atoms with van der Waals surface area (Å²) in [5, 5.41) is 0. The van der Waals surface area contributed by atoms with E-state index in [4.69, 9.17) is 10.6 Å². The number of nitrogen functional groups attached to an aromatic ring is 1. The standard InChI is InChI=1S/C10H6Br2F2N4O/c11-4-1-6(13)8(14)7(2-4)19-9-5(12)3-16-10(17-9)18-15/h1-3H,15H2,(H,16,17,18). The number of aromatic nitrogens is 2. The summed E-state index contributed by atoms with van der Waals surface area (Å²) in [6.45, 7) is 0. The Kier molecular flexibility index (Phi) is 4.27. The number of benzene rings is 1. The van der Waals surface area contributed by atoms with Gasteiger partial charge in [0.2, 0.25) is 17.6 Å². The molecule has 1 aromatic heterocycles. The van der Waals surface area contributed by atoms with Crippen molar-refractivity contribution in [3.05, 3.63) is 38.9 Å². The lowest BCUT2D eigenvalue weighted by atomic mass is 10.3. The molecule has 0 unspecified atom stereocenters. The van der Waals surface area contributed by atoms with Gasteiger partial charge in [-0.15, -0.1) is 0 Å². The quantitative estimate of drug-likeness (QED) is 0.473. The summed E-state index contributed by atoms with van der Waals surface area (Å²) in [6.07, 6.45) is 1.36. The predicted molar refractivity (Wildman–Crippen MR) is 71.7 cm³/mol. The second-order valence-electron chi connectivity index (χ2n) is 3.29. The molecule has 0 spiro atoms. The first-order valence-electron chi connectivity index (χ1n) is 4.83. The Balaban J connectivity index is 2.41. The van der Waals surface area contributed by atoms with Crippen molar-refractivity contribution >= 4 is 37.8 Å². The number of nitrogens with zero attached hydrogens (tertiary/aromatic N) is 2. The summed E-state index contributed by atoms with van der Waals surface area (Å²) < 4.78 is 32.7. The SMILES string of the molecule is NNc1ncc(Br)c(Oc2cc(Br)cc(F)c2F)n1. The molecule has 1 heterocycles. The molecule has 0 atom stereocenters. The van der Waals surface area contributed by atoms with Gasteiger partial charge in [0.1, 0.15) is 0 Å². The van der Waals surface area contributed by atoms with Crippen LogP contribution < -0.4 is 16.0 Å². The van der Waals surface area contributed by atoms with Gasteiger partial charge in [-0.05, 0) is 28.1 Å². The minimum Gasteiger partial charge on any atom is -0.434 e. The van der Waals surface area contributed by atoms with Gasteiger partial charge in [0, 0.05) is 4.47 Å². The van der Waals surface area contributed by atoms with Crippen LogP contribution in [0.3, 0.4) is 0 Å². The van der Waals surface area contributed by atoms with E-state index in [0.29, 0.717) is 8.95 Å². The molecular weight excluding hydrogens is 390 g/mol. The average Bonchev–Trinajstić information content (AvgIpc) is 2.38. The summed E-state index contributed by atoms with van der Waals surface area (Å²) >= 11 is 6.18. The largest absolute Gasteiger partial charge is 0.434 e. The minimum absolute atomic E-state index is 0.000602. The van der Waals surface area contributed by atoms with Crippen molar-refractivity contribution in [1.82, 2.24) is 9.97 Å². The lowest BCUT2D eigenvalue weighted by Gasteiger charge is -2.09. The normalized spacial score (nSPS) is 10.4. The number of hydrogen-bond donors (Lipinski definition) is 2. The number of rotatable bonds is 3. The van der Waals surface area contributed by atoms with E-state index in [-0.39, 0.29) is 17.6 Å². The maximum absolute atomic E-state index is 13.6. The zero-order chi connectivity index (χ0) is 14.0. The van der Waals surface area contributed by atoms with Crippen molar-refractivity contribution in [2.75, 3.05) is 5.43 Å². The van der Waals surface area contributed by atoms with E-state index in [2.05, 4.69) is 47.3 Å². The molecule has 0 saturated carbocycles. The molecule has 0 amide bonds. The van der Waals surface area contributed by atoms with Crippen LogP contribution in [-0.4, -0.2) is 9.97 Å². The number of anilines is 1. The van der Waals surface area contributed by atoms with Gasteiger partial charge in [0.25, 0.3) is 0 Å². The van der Waals surface area contributed by atoms with Crippen molar-refractivity contribution in [1.29, 1.82) is 0 Å². The van der Waals surface area contributed by atoms with Gasteiger partial charge < -0.3 is 4.74 Å². The number of hydrogen-bond acceptors (Lipinski definition) is 5. The third-order valence-corrected chi connectivity index (χ3v) is 3.01. The fraction of sp³-hybridized carbons (Fsp3) is 0. The molecule has 0 radical (unpaired) electrons. The fourth-order valence-corrected chi connectivity index (χ4v) is 1.88. The van der Waals surface area contributed by atoms with E-state index in [0.717, 1.165) is 6.07 Å². The third kappa shape index (κ3) is 3.17. The van der Waals surface area contributed by atoms with E-state index in [1.165, 1.54) is 12.3 Å². The van der Waals surface area contributed by atoms with Gasteiger partial charge in [-0.3, -0.25) is 5.43 Å². The molecule has 2 rings (SSSR count). The molecule has 100 valence electrons. The van der Waals surface area contributed by atoms with E-state index >= 15 is 0 Å². The van der Waals surface area contributed by atoms with E-state index in [1.807, 2.05) is 0 Å². The molecule has 0 aliphatic carbocycles. The van der Waals surface area contributed by atoms with E-state index < -0.39 is 11.6 Å². The lowest BCUT2D eigenvalue weighted by Crippen LogP contribution is -2.10. The van der Waals surface area contributed by atoms with Crippen LogP contribution >= 0.6 is 31.9 Å². The van der Waals surface area contributed by atoms with Gasteiger partial charge in [0.05, 0.1) is 10.7 Å². The van der Waals surface area contributed by atoms with Crippen molar-refractivity contribution in [2.24, 2.45) is 5.84 Å². The number of nitrogens with two attached hydrogens (primary N) is 1. The predicted octanol–water partition coefficient (Wildman–Crippen LogP) is 3.36. The Labute approximate surface area is 123 Å². The highest BCUT2D eigenvalue weighted by molar-refractivity contribution is 9.10. The molecule has 19 heavy (non-hydrogen) atoms. The van der Waals surface area contributed by atoms with Gasteiger partial charge >= 0.3 is 0 Å². The van der Waals surface area contributed by atoms with Crippen molar-refractivity contribution < 1.29 is 13.5 Å². The van der Waals surface area contributed by atoms with E-state index in [1.54, 1.807) is 0 Å². The topological polar surface area (TPSA) is 73.1 Å². The number of hydrazine groups is 1. The fourth-order valence-electron chi connectivity index (χ4n) is 1.20. The number of ether oxygens (including phenoxy) is 1. The van der Waals surface area contributed by atoms with Gasteiger partial charge in [0.15, 0.2) is 11.6 Å². The molecular formula is C10H6Br2F2N4O. The maximum Gasteiger partial charge on any atom is 0.240 e. The first-order valence-corrected chi connectivity index (χ1v) is 6.41. The average molecular weight is 396 g/mol. The Bertz CT molecular complexity index is 627. The van der Waals surface area contributed by atoms with Crippen LogP contribution in [0.25, 0.3) is 0 Å². The van der Waals surface area contributed by atoms with Gasteiger partial charge in [-0.1, -0.05) is 15.9 Å². The molecule has 1 aromatic carbocycles. The minimum atomic E-state index is -1.11. The Hall–Kier alpha value is -1.32. The van der Waals surface area contributed by atoms with Crippen LogP contribution in [0.15, 0.2) is 27.3 Å². The first kappa shape index (κ1) is 14.1. The van der Waals surface area contributed by atoms with Crippen LogP contribution in [0.2, 0.25) is 0 Å². The molecule has 0 aliphatic heterocycles. The monoisotopic (exact) mass is 394 g/mol. The summed E-state index contributed by atoms with van der Waals surface area (Å²) in [7, 11) is 0. The summed E-state index contributed by atoms with van der Waals surface area (Å²) in [6, 6.07) is 2.27. The second kappa shape index (κ2) is 5.76. The Morgan fingerprint density at radius 2 is 2.00 bits per heavy atom. The summed E-state index contributed by atoms with van der Waals surface area (Å²) in [5.41, 5.74) is 2.22. The van der Waals surface area contributed by atoms with E-state index in [9.17, 15) is 8.78 Å². The van der Waals surface area contributed by atoms with Crippen molar-refractivity contribution in [3.8, 4) is 11.6 Å². The molecule has 0 bridgehead atoms. The summed E-state index contributed by atoms with van der Waals surface area (Å²) in [5.74, 6) is 2.77. The zero-order valence-corrected chi connectivity index (χ0v) is 12.3. The Morgan fingerprint density at radius 1 is 1.26 bits per heavy atom. The smallest absolute Gasteiger partial charge is 0.240 e. The van der Waals surface area contributed by atoms with Crippen LogP contribution in [0.5, 0.6) is 11.6 Å². The number of nitrogens with one attached hydrogen (secondary N) is 1. The number of halogens is 4. The van der Waals surface area contributed by atoms with Crippen molar-refractivity contribution in [3.63, 3.8) is 0 Å². The molecule has 5 nitrogen and oxygen atoms in total. The molecule has 2 aromatic rings. The van der Waals surface area contributed by atoms with Crippen LogP contribution in [0, 0.1) is 11.6 Å². The molecule has 0 saturated heterocycles. The zero-order valence-electron chi connectivity index (χ0n) is 9.12. The Morgan fingerprint density at radius 3 is 2.68 bits per heavy atom. The first-order chi connectivity index (χ1) is 9.01. The van der Waals surface area contributed by atoms with Crippen molar-refractivity contribution in [2.45, 2.75) is 0 Å². The molecule has 3 N–H and O–H groups in total. The molecule has 0 fully saturated rings. The lowest BCUT2D eigenvalue weighted by molar-refractivity contribution is 0.402. The maximum atomic E-state index is 13.6. The van der Waals surface area contributed by atoms with Crippen LogP contribution in [0.1, 0.15) is 0 Å². The summed E-state index contributed by atoms with van der Waals surface area (Å²) in [4.78, 5) is 7.67. The van der Waals surface area contributed by atoms with Gasteiger partial charge in [-0.25, -0.2) is 15.2 Å². The highest BCUT2D eigenvalue weighted by atomic mass is 79.9. The highest BCUT2D eigenvalue weighted by Gasteiger charge is 2.15. The van der Waals surface area contributed by atoms with Crippen LogP contribution in [-0.2, 0) is 0 Å². The van der Waals surface area contributed by atoms with Crippen LogP contribution in [0.4, 0.5) is 14.7 Å².